The number of pyridine rings is 1. The van der Waals surface area contributed by atoms with Crippen LogP contribution in [0.4, 0.5) is 31.9 Å². The molecule has 0 radical (unpaired) electrons. The molecule has 0 atom stereocenters. The Labute approximate surface area is 266 Å². The van der Waals surface area contributed by atoms with Crippen LogP contribution in [-0.4, -0.2) is 85.3 Å². The quantitative estimate of drug-likeness (QED) is 0.121. The maximum absolute atomic E-state index is 14.2. The first kappa shape index (κ1) is 34.1. The predicted octanol–water partition coefficient (Wildman–Crippen LogP) is 4.27. The molecule has 3 aromatic heterocycles. The maximum atomic E-state index is 14.2. The average Bonchev–Trinajstić information content (AvgIpc) is 3.26. The van der Waals surface area contributed by atoms with Crippen molar-refractivity contribution in [3.63, 3.8) is 0 Å². The Hall–Kier alpha value is -4.83. The first-order valence-corrected chi connectivity index (χ1v) is 15.9. The van der Waals surface area contributed by atoms with Gasteiger partial charge in [-0.25, -0.2) is 18.7 Å². The number of aryl methyl sites for hydroxylation is 1. The summed E-state index contributed by atoms with van der Waals surface area (Å²) in [5.74, 6) is -2.88. The van der Waals surface area contributed by atoms with Gasteiger partial charge in [0.2, 0.25) is 11.8 Å². The molecule has 0 fully saturated rings. The Morgan fingerprint density at radius 3 is 2.43 bits per heavy atom. The number of fused-ring (bicyclic) bond motifs is 1. The Morgan fingerprint density at radius 1 is 1.09 bits per heavy atom. The van der Waals surface area contributed by atoms with Gasteiger partial charge in [-0.1, -0.05) is 0 Å². The number of carbonyl (C=O) groups excluding carboxylic acids is 1. The second-order valence-electron chi connectivity index (χ2n) is 11.1. The number of anilines is 4. The number of benzene rings is 1. The number of nitrogens with one attached hydrogen (secondary N) is 2. The molecule has 2 N–H and O–H groups in total. The molecule has 46 heavy (non-hydrogen) atoms. The number of carbonyl (C=O) groups is 1. The van der Waals surface area contributed by atoms with E-state index in [1.165, 1.54) is 6.20 Å². The fourth-order valence-corrected chi connectivity index (χ4v) is 4.85. The third-order valence-electron chi connectivity index (χ3n) is 6.52. The van der Waals surface area contributed by atoms with E-state index >= 15 is 0 Å². The molecule has 0 aliphatic carbocycles. The minimum Gasteiger partial charge on any atom is -0.473 e. The average molecular weight is 659 g/mol. The van der Waals surface area contributed by atoms with Gasteiger partial charge in [-0.15, -0.1) is 0 Å². The van der Waals surface area contributed by atoms with Crippen LogP contribution in [0, 0.1) is 11.6 Å². The Bertz CT molecular complexity index is 1900. The van der Waals surface area contributed by atoms with Crippen LogP contribution in [0.2, 0.25) is 0 Å². The highest BCUT2D eigenvalue weighted by molar-refractivity contribution is 7.86. The number of rotatable bonds is 13. The Kier molecular flexibility index (Phi) is 10.1. The molecule has 4 rings (SSSR count). The van der Waals surface area contributed by atoms with Gasteiger partial charge in [-0.3, -0.25) is 4.79 Å². The van der Waals surface area contributed by atoms with Crippen LogP contribution in [0.1, 0.15) is 13.8 Å². The standard InChI is InChI=1S/C30H36F2N8O5S/c1-17(2)44-29-25(15-24(27(37-29)39(6)12-11-38(4)5)34-28(41)18(3)45-46(8,42)43)36-30-33-10-9-23(35-30)20-16-40(7)26-14-22(32)21(31)13-19(20)26/h9-10,13-17H,3,11-12H2,1-2,4-8H3,(H,34,41)(H,33,35,36). The second kappa shape index (κ2) is 13.7. The van der Waals surface area contributed by atoms with Gasteiger partial charge in [0.05, 0.1) is 29.3 Å². The molecule has 0 saturated heterocycles. The molecule has 1 aromatic carbocycles. The molecule has 0 aliphatic rings. The lowest BCUT2D eigenvalue weighted by atomic mass is 10.1. The number of halogens is 2. The van der Waals surface area contributed by atoms with Gasteiger partial charge < -0.3 is 33.9 Å². The van der Waals surface area contributed by atoms with E-state index in [1.807, 2.05) is 32.8 Å². The summed E-state index contributed by atoms with van der Waals surface area (Å²) in [6.45, 7) is 8.24. The van der Waals surface area contributed by atoms with Crippen LogP contribution in [0.15, 0.2) is 49.0 Å². The van der Waals surface area contributed by atoms with Crippen LogP contribution in [0.25, 0.3) is 22.2 Å². The van der Waals surface area contributed by atoms with Crippen molar-refractivity contribution in [2.45, 2.75) is 20.0 Å². The largest absolute Gasteiger partial charge is 0.473 e. The van der Waals surface area contributed by atoms with E-state index < -0.39 is 33.4 Å². The summed E-state index contributed by atoms with van der Waals surface area (Å²) in [5.41, 5.74) is 1.91. The van der Waals surface area contributed by atoms with E-state index in [0.717, 1.165) is 18.4 Å². The van der Waals surface area contributed by atoms with Gasteiger partial charge in [0.1, 0.15) is 5.69 Å². The predicted molar refractivity (Wildman–Crippen MR) is 173 cm³/mol. The lowest BCUT2D eigenvalue weighted by molar-refractivity contribution is -0.114. The summed E-state index contributed by atoms with van der Waals surface area (Å²) >= 11 is 0. The molecule has 0 bridgehead atoms. The summed E-state index contributed by atoms with van der Waals surface area (Å²) in [6, 6.07) is 5.42. The molecule has 16 heteroatoms. The van der Waals surface area contributed by atoms with E-state index in [2.05, 4.69) is 31.4 Å². The minimum absolute atomic E-state index is 0.114. The number of hydrogen-bond acceptors (Lipinski definition) is 11. The van der Waals surface area contributed by atoms with E-state index in [9.17, 15) is 22.0 Å². The fraction of sp³-hybridized carbons (Fsp3) is 0.333. The van der Waals surface area contributed by atoms with Crippen molar-refractivity contribution in [3.05, 3.63) is 60.6 Å². The molecular formula is C30H36F2N8O5S. The summed E-state index contributed by atoms with van der Waals surface area (Å²) in [5, 5.41) is 6.17. The zero-order chi connectivity index (χ0) is 33.9. The fourth-order valence-electron chi connectivity index (χ4n) is 4.41. The van der Waals surface area contributed by atoms with Crippen molar-refractivity contribution in [3.8, 4) is 17.1 Å². The van der Waals surface area contributed by atoms with Crippen molar-refractivity contribution < 1.29 is 30.9 Å². The highest BCUT2D eigenvalue weighted by atomic mass is 32.2. The summed E-state index contributed by atoms with van der Waals surface area (Å²) in [7, 11) is 3.32. The number of ether oxygens (including phenoxy) is 1. The Morgan fingerprint density at radius 2 is 1.78 bits per heavy atom. The van der Waals surface area contributed by atoms with Crippen LogP contribution < -0.4 is 20.3 Å². The van der Waals surface area contributed by atoms with Gasteiger partial charge in [0, 0.05) is 56.6 Å². The van der Waals surface area contributed by atoms with Crippen LogP contribution in [0.5, 0.6) is 5.88 Å². The molecule has 0 spiro atoms. The number of amides is 1. The first-order chi connectivity index (χ1) is 21.5. The van der Waals surface area contributed by atoms with E-state index in [1.54, 1.807) is 41.9 Å². The molecule has 1 amide bonds. The summed E-state index contributed by atoms with van der Waals surface area (Å²) in [6.07, 6.45) is 3.71. The molecule has 0 saturated carbocycles. The van der Waals surface area contributed by atoms with Crippen LogP contribution in [0.3, 0.4) is 0 Å². The number of nitrogens with zero attached hydrogens (tertiary/aromatic N) is 6. The van der Waals surface area contributed by atoms with Gasteiger partial charge >= 0.3 is 10.1 Å². The first-order valence-electron chi connectivity index (χ1n) is 14.0. The molecule has 246 valence electrons. The molecule has 3 heterocycles. The number of aromatic nitrogens is 4. The highest BCUT2D eigenvalue weighted by Crippen LogP contribution is 2.36. The van der Waals surface area contributed by atoms with E-state index in [0.29, 0.717) is 41.1 Å². The van der Waals surface area contributed by atoms with E-state index in [4.69, 9.17) is 9.72 Å². The monoisotopic (exact) mass is 658 g/mol. The second-order valence-corrected chi connectivity index (χ2v) is 12.7. The summed E-state index contributed by atoms with van der Waals surface area (Å²) in [4.78, 5) is 30.3. The van der Waals surface area contributed by atoms with Gasteiger partial charge in [0.15, 0.2) is 23.2 Å². The Balaban J connectivity index is 1.78. The third-order valence-corrected chi connectivity index (χ3v) is 7.03. The highest BCUT2D eigenvalue weighted by Gasteiger charge is 2.23. The van der Waals surface area contributed by atoms with Crippen LogP contribution >= 0.6 is 0 Å². The van der Waals surface area contributed by atoms with Crippen molar-refractivity contribution >= 4 is 50.1 Å². The normalized spacial score (nSPS) is 11.6. The third kappa shape index (κ3) is 8.25. The smallest absolute Gasteiger partial charge is 0.306 e. The molecule has 0 unspecified atom stereocenters. The minimum atomic E-state index is -4.00. The number of hydrogen-bond donors (Lipinski definition) is 2. The molecule has 0 aliphatic heterocycles. The number of likely N-dealkylation sites (N-methyl/N-ethyl adjacent to an activating group) is 2. The SMILES string of the molecule is C=C(OS(C)(=O)=O)C(=O)Nc1cc(Nc2nccc(-c3cn(C)c4cc(F)c(F)cc34)n2)c(OC(C)C)nc1N(C)CCN(C)C. The zero-order valence-corrected chi connectivity index (χ0v) is 27.4. The molecular weight excluding hydrogens is 622 g/mol. The van der Waals surface area contributed by atoms with Crippen LogP contribution in [-0.2, 0) is 26.1 Å². The van der Waals surface area contributed by atoms with Gasteiger partial charge in [-0.05, 0) is 52.7 Å². The topological polar surface area (TPSA) is 144 Å². The lowest BCUT2D eigenvalue weighted by Crippen LogP contribution is -2.30. The van der Waals surface area contributed by atoms with Crippen molar-refractivity contribution in [1.82, 2.24) is 24.4 Å². The van der Waals surface area contributed by atoms with Crippen molar-refractivity contribution in [1.29, 1.82) is 0 Å². The lowest BCUT2D eigenvalue weighted by Gasteiger charge is -2.25. The van der Waals surface area contributed by atoms with Crippen molar-refractivity contribution in [2.75, 3.05) is 56.0 Å². The zero-order valence-electron chi connectivity index (χ0n) is 26.6. The van der Waals surface area contributed by atoms with Gasteiger partial charge in [0.25, 0.3) is 5.91 Å². The summed E-state index contributed by atoms with van der Waals surface area (Å²) < 4.78 is 63.7. The van der Waals surface area contributed by atoms with E-state index in [-0.39, 0.29) is 29.3 Å². The maximum Gasteiger partial charge on any atom is 0.306 e. The van der Waals surface area contributed by atoms with Crippen molar-refractivity contribution in [2.24, 2.45) is 7.05 Å². The molecule has 4 aromatic rings. The van der Waals surface area contributed by atoms with Gasteiger partial charge in [-0.2, -0.15) is 13.4 Å². The molecule has 13 nitrogen and oxygen atoms in total.